The normalized spacial score (nSPS) is 17.1. The fourth-order valence-electron chi connectivity index (χ4n) is 3.91. The van der Waals surface area contributed by atoms with Gasteiger partial charge in [-0.2, -0.15) is 0 Å². The predicted molar refractivity (Wildman–Crippen MR) is 124 cm³/mol. The molecule has 1 N–H and O–H groups in total. The van der Waals surface area contributed by atoms with Crippen LogP contribution in [0.3, 0.4) is 0 Å². The first kappa shape index (κ1) is 25.2. The molecule has 1 heterocycles. The fourth-order valence-corrected chi connectivity index (χ4v) is 3.91. The van der Waals surface area contributed by atoms with E-state index in [9.17, 15) is 38.0 Å². The average Bonchev–Trinajstić information content (AvgIpc) is 3.13. The third kappa shape index (κ3) is 5.08. The maximum atomic E-state index is 13.1. The minimum atomic E-state index is -4.92. The number of rotatable bonds is 6. The van der Waals surface area contributed by atoms with Gasteiger partial charge in [0.05, 0.1) is 23.6 Å². The Labute approximate surface area is 207 Å². The molecule has 1 unspecified atom stereocenters. The van der Waals surface area contributed by atoms with Gasteiger partial charge >= 0.3 is 6.36 Å². The summed E-state index contributed by atoms with van der Waals surface area (Å²) in [5.41, 5.74) is -0.0418. The smallest absolute Gasteiger partial charge is 0.507 e. The maximum Gasteiger partial charge on any atom is 0.573 e. The molecule has 1 saturated heterocycles. The molecule has 1 fully saturated rings. The van der Waals surface area contributed by atoms with Crippen molar-refractivity contribution in [2.24, 2.45) is 0 Å². The second kappa shape index (κ2) is 9.64. The molecule has 0 radical (unpaired) electrons. The zero-order valence-electron chi connectivity index (χ0n) is 18.9. The van der Waals surface area contributed by atoms with Gasteiger partial charge in [-0.05, 0) is 54.1 Å². The van der Waals surface area contributed by atoms with Crippen molar-refractivity contribution in [2.75, 3.05) is 12.0 Å². The lowest BCUT2D eigenvalue weighted by Gasteiger charge is -2.25. The second-order valence-corrected chi connectivity index (χ2v) is 7.79. The summed E-state index contributed by atoms with van der Waals surface area (Å²) in [5, 5.41) is 22.0. The van der Waals surface area contributed by atoms with E-state index < -0.39 is 40.5 Å². The summed E-state index contributed by atoms with van der Waals surface area (Å²) in [6.07, 6.45) is -4.92. The Hall–Kier alpha value is -4.87. The first-order chi connectivity index (χ1) is 17.5. The van der Waals surface area contributed by atoms with Crippen molar-refractivity contribution in [1.29, 1.82) is 0 Å². The van der Waals surface area contributed by atoms with Crippen molar-refractivity contribution in [3.8, 4) is 11.5 Å². The van der Waals surface area contributed by atoms with Gasteiger partial charge in [-0.25, -0.2) is 0 Å². The van der Waals surface area contributed by atoms with Gasteiger partial charge in [0.2, 0.25) is 0 Å². The van der Waals surface area contributed by atoms with E-state index in [1.165, 1.54) is 31.4 Å². The zero-order chi connectivity index (χ0) is 26.9. The van der Waals surface area contributed by atoms with Gasteiger partial charge in [-0.15, -0.1) is 13.2 Å². The summed E-state index contributed by atoms with van der Waals surface area (Å²) in [6, 6.07) is 14.2. The molecule has 190 valence electrons. The van der Waals surface area contributed by atoms with Crippen molar-refractivity contribution in [2.45, 2.75) is 12.4 Å². The molecule has 0 bridgehead atoms. The summed E-state index contributed by atoms with van der Waals surface area (Å²) in [4.78, 5) is 37.6. The summed E-state index contributed by atoms with van der Waals surface area (Å²) in [7, 11) is 1.44. The molecule has 9 nitrogen and oxygen atoms in total. The van der Waals surface area contributed by atoms with E-state index in [1.807, 2.05) is 0 Å². The predicted octanol–water partition coefficient (Wildman–Crippen LogP) is 5.13. The summed E-state index contributed by atoms with van der Waals surface area (Å²) < 4.78 is 46.7. The van der Waals surface area contributed by atoms with E-state index in [0.29, 0.717) is 11.3 Å². The molecule has 0 spiro atoms. The van der Waals surface area contributed by atoms with Crippen molar-refractivity contribution >= 4 is 28.8 Å². The lowest BCUT2D eigenvalue weighted by Crippen LogP contribution is -2.29. The number of methoxy groups -OCH3 is 1. The van der Waals surface area contributed by atoms with Crippen LogP contribution in [0.25, 0.3) is 5.76 Å². The van der Waals surface area contributed by atoms with Crippen LogP contribution in [-0.2, 0) is 9.59 Å². The molecule has 1 atom stereocenters. The van der Waals surface area contributed by atoms with E-state index in [4.69, 9.17) is 4.74 Å². The van der Waals surface area contributed by atoms with Crippen LogP contribution in [0.2, 0.25) is 0 Å². The molecule has 0 aliphatic carbocycles. The van der Waals surface area contributed by atoms with Gasteiger partial charge in [0.25, 0.3) is 17.4 Å². The third-order valence-electron chi connectivity index (χ3n) is 5.58. The van der Waals surface area contributed by atoms with E-state index in [1.54, 1.807) is 24.3 Å². The standard InChI is InChI=1S/C25H17F3N2O7/c1-36-18-10-4-14(5-11-18)21-20(22(31)15-2-6-17(7-3-15)30(34)35)23(32)24(33)29(21)16-8-12-19(13-9-16)37-25(26,27)28/h2-13,21,31H,1H3/b22-20-. The molecular formula is C25H17F3N2O7. The number of carbonyl (C=O) groups is 2. The molecule has 1 amide bonds. The highest BCUT2D eigenvalue weighted by Crippen LogP contribution is 2.43. The summed E-state index contributed by atoms with van der Waals surface area (Å²) in [6.45, 7) is 0. The molecule has 3 aromatic carbocycles. The number of carbonyl (C=O) groups excluding carboxylic acids is 2. The number of hydrogen-bond acceptors (Lipinski definition) is 7. The maximum absolute atomic E-state index is 13.1. The quantitative estimate of drug-likeness (QED) is 0.159. The number of Topliss-reactive ketones (excluding diaryl/α,β-unsaturated/α-hetero) is 1. The van der Waals surface area contributed by atoms with Gasteiger partial charge < -0.3 is 14.6 Å². The average molecular weight is 514 g/mol. The van der Waals surface area contributed by atoms with Crippen molar-refractivity contribution < 1.29 is 42.3 Å². The van der Waals surface area contributed by atoms with Gasteiger partial charge in [0, 0.05) is 23.4 Å². The minimum absolute atomic E-state index is 0.0519. The molecule has 1 aliphatic heterocycles. The molecule has 0 saturated carbocycles. The van der Waals surface area contributed by atoms with Gasteiger partial charge in [-0.1, -0.05) is 12.1 Å². The van der Waals surface area contributed by atoms with Gasteiger partial charge in [0.1, 0.15) is 17.3 Å². The third-order valence-corrected chi connectivity index (χ3v) is 5.58. The number of alkyl halides is 3. The number of ketones is 1. The Kier molecular flexibility index (Phi) is 6.58. The van der Waals surface area contributed by atoms with Crippen LogP contribution in [0.1, 0.15) is 17.2 Å². The topological polar surface area (TPSA) is 119 Å². The lowest BCUT2D eigenvalue weighted by atomic mass is 9.95. The van der Waals surface area contributed by atoms with E-state index in [-0.39, 0.29) is 22.5 Å². The number of aliphatic hydroxyl groups excluding tert-OH is 1. The molecule has 0 aromatic heterocycles. The number of nitrogens with zero attached hydrogens (tertiary/aromatic N) is 2. The SMILES string of the molecule is COc1ccc(C2/C(=C(/O)c3ccc([N+](=O)[O-])cc3)C(=O)C(=O)N2c2ccc(OC(F)(F)F)cc2)cc1. The molecule has 1 aliphatic rings. The first-order valence-electron chi connectivity index (χ1n) is 10.6. The number of nitro benzene ring substituents is 1. The van der Waals surface area contributed by atoms with Gasteiger partial charge in [0.15, 0.2) is 0 Å². The Bertz CT molecular complexity index is 1380. The second-order valence-electron chi connectivity index (χ2n) is 7.79. The summed E-state index contributed by atoms with van der Waals surface area (Å²) >= 11 is 0. The highest BCUT2D eigenvalue weighted by atomic mass is 19.4. The highest BCUT2D eigenvalue weighted by molar-refractivity contribution is 6.51. The van der Waals surface area contributed by atoms with Crippen molar-refractivity contribution in [1.82, 2.24) is 0 Å². The van der Waals surface area contributed by atoms with E-state index in [2.05, 4.69) is 4.74 Å². The monoisotopic (exact) mass is 514 g/mol. The number of anilines is 1. The largest absolute Gasteiger partial charge is 0.573 e. The number of ether oxygens (including phenoxy) is 2. The number of nitro groups is 1. The fraction of sp³-hybridized carbons (Fsp3) is 0.120. The van der Waals surface area contributed by atoms with Crippen molar-refractivity contribution in [3.05, 3.63) is 99.6 Å². The zero-order valence-corrected chi connectivity index (χ0v) is 18.9. The molecule has 4 rings (SSSR count). The van der Waals surface area contributed by atoms with Crippen LogP contribution in [0.15, 0.2) is 78.4 Å². The number of non-ortho nitro benzene ring substituents is 1. The van der Waals surface area contributed by atoms with Crippen LogP contribution < -0.4 is 14.4 Å². The summed E-state index contributed by atoms with van der Waals surface area (Å²) in [5.74, 6) is -2.71. The van der Waals surface area contributed by atoms with Crippen LogP contribution >= 0.6 is 0 Å². The molecular weight excluding hydrogens is 497 g/mol. The Morgan fingerprint density at radius 2 is 1.51 bits per heavy atom. The lowest BCUT2D eigenvalue weighted by molar-refractivity contribution is -0.384. The molecule has 37 heavy (non-hydrogen) atoms. The number of amides is 1. The Morgan fingerprint density at radius 1 is 0.946 bits per heavy atom. The first-order valence-corrected chi connectivity index (χ1v) is 10.6. The minimum Gasteiger partial charge on any atom is -0.507 e. The highest BCUT2D eigenvalue weighted by Gasteiger charge is 2.47. The number of benzene rings is 3. The van der Waals surface area contributed by atoms with Crippen LogP contribution in [0.4, 0.5) is 24.5 Å². The van der Waals surface area contributed by atoms with E-state index >= 15 is 0 Å². The number of halogens is 3. The number of aliphatic hydroxyl groups is 1. The number of hydrogen-bond donors (Lipinski definition) is 1. The van der Waals surface area contributed by atoms with Crippen LogP contribution in [0.5, 0.6) is 11.5 Å². The van der Waals surface area contributed by atoms with Crippen LogP contribution in [-0.4, -0.2) is 35.2 Å². The van der Waals surface area contributed by atoms with Gasteiger partial charge in [-0.3, -0.25) is 24.6 Å². The Balaban J connectivity index is 1.84. The van der Waals surface area contributed by atoms with Crippen molar-refractivity contribution in [3.63, 3.8) is 0 Å². The molecule has 12 heteroatoms. The van der Waals surface area contributed by atoms with Crippen LogP contribution in [0, 0.1) is 10.1 Å². The molecule has 3 aromatic rings. The Morgan fingerprint density at radius 3 is 2.03 bits per heavy atom. The van der Waals surface area contributed by atoms with E-state index in [0.717, 1.165) is 29.2 Å².